The van der Waals surface area contributed by atoms with Crippen LogP contribution < -0.4 is 15.0 Å². The van der Waals surface area contributed by atoms with Crippen LogP contribution in [-0.4, -0.2) is 29.9 Å². The Morgan fingerprint density at radius 1 is 1.27 bits per heavy atom. The van der Waals surface area contributed by atoms with Crippen molar-refractivity contribution >= 4 is 66.2 Å². The van der Waals surface area contributed by atoms with Crippen molar-refractivity contribution in [3.05, 3.63) is 46.8 Å². The molecule has 0 unspecified atom stereocenters. The second-order valence-corrected chi connectivity index (χ2v) is 9.30. The number of benzene rings is 2. The summed E-state index contributed by atoms with van der Waals surface area (Å²) in [6.45, 7) is 2.66. The number of aromatic nitrogens is 1. The molecule has 5 rings (SSSR count). The topological polar surface area (TPSA) is 71.5 Å². The molecule has 0 bridgehead atoms. The molecule has 1 saturated heterocycles. The Labute approximate surface area is 181 Å². The SMILES string of the molecule is Cc1nc2c(cc(OCC(=O)Nc3ccc(N4CCCC4=O)cc3)c3ccsc32)s1. The number of fused-ring (bicyclic) bond motifs is 3. The van der Waals surface area contributed by atoms with Crippen molar-refractivity contribution in [2.75, 3.05) is 23.4 Å². The van der Waals surface area contributed by atoms with Crippen molar-refractivity contribution in [3.8, 4) is 5.75 Å². The molecule has 0 atom stereocenters. The van der Waals surface area contributed by atoms with Crippen LogP contribution in [0, 0.1) is 6.92 Å². The highest BCUT2D eigenvalue weighted by molar-refractivity contribution is 7.21. The van der Waals surface area contributed by atoms with Gasteiger partial charge in [0.15, 0.2) is 6.61 Å². The predicted molar refractivity (Wildman–Crippen MR) is 122 cm³/mol. The molecular formula is C22H19N3O3S2. The molecule has 2 aromatic carbocycles. The predicted octanol–water partition coefficient (Wildman–Crippen LogP) is 4.96. The molecule has 0 spiro atoms. The lowest BCUT2D eigenvalue weighted by atomic mass is 10.2. The first-order valence-corrected chi connectivity index (χ1v) is 11.4. The second-order valence-electron chi connectivity index (χ2n) is 7.15. The zero-order chi connectivity index (χ0) is 20.7. The summed E-state index contributed by atoms with van der Waals surface area (Å²) >= 11 is 3.25. The van der Waals surface area contributed by atoms with Gasteiger partial charge in [0, 0.05) is 35.8 Å². The first-order chi connectivity index (χ1) is 14.6. The van der Waals surface area contributed by atoms with Gasteiger partial charge >= 0.3 is 0 Å². The second kappa shape index (κ2) is 7.70. The lowest BCUT2D eigenvalue weighted by Crippen LogP contribution is -2.23. The van der Waals surface area contributed by atoms with Gasteiger partial charge in [0.05, 0.1) is 19.9 Å². The van der Waals surface area contributed by atoms with E-state index in [9.17, 15) is 9.59 Å². The van der Waals surface area contributed by atoms with E-state index in [4.69, 9.17) is 4.74 Å². The van der Waals surface area contributed by atoms with Crippen molar-refractivity contribution in [2.24, 2.45) is 0 Å². The highest BCUT2D eigenvalue weighted by Crippen LogP contribution is 2.38. The first kappa shape index (κ1) is 19.0. The van der Waals surface area contributed by atoms with E-state index < -0.39 is 0 Å². The Hall–Kier alpha value is -2.97. The summed E-state index contributed by atoms with van der Waals surface area (Å²) in [4.78, 5) is 30.7. The number of aryl methyl sites for hydroxylation is 1. The van der Waals surface area contributed by atoms with Gasteiger partial charge in [-0.25, -0.2) is 4.98 Å². The van der Waals surface area contributed by atoms with Crippen molar-refractivity contribution in [1.82, 2.24) is 4.98 Å². The number of ether oxygens (including phenoxy) is 1. The minimum atomic E-state index is -0.232. The van der Waals surface area contributed by atoms with Crippen LogP contribution in [0.2, 0.25) is 0 Å². The van der Waals surface area contributed by atoms with Crippen LogP contribution in [0.1, 0.15) is 17.8 Å². The third-order valence-corrected chi connectivity index (χ3v) is 6.90. The van der Waals surface area contributed by atoms with E-state index in [0.717, 1.165) is 44.0 Å². The average Bonchev–Trinajstić information content (AvgIpc) is 3.45. The molecule has 152 valence electrons. The van der Waals surface area contributed by atoms with Gasteiger partial charge in [-0.1, -0.05) is 0 Å². The van der Waals surface area contributed by atoms with Gasteiger partial charge in [-0.05, 0) is 49.1 Å². The van der Waals surface area contributed by atoms with Crippen LogP contribution in [-0.2, 0) is 9.59 Å². The lowest BCUT2D eigenvalue weighted by molar-refractivity contribution is -0.118. The fourth-order valence-electron chi connectivity index (χ4n) is 3.69. The van der Waals surface area contributed by atoms with Crippen LogP contribution in [0.25, 0.3) is 20.3 Å². The maximum atomic E-state index is 12.4. The summed E-state index contributed by atoms with van der Waals surface area (Å²) in [7, 11) is 0. The molecule has 2 amide bonds. The quantitative estimate of drug-likeness (QED) is 0.479. The number of nitrogens with one attached hydrogen (secondary N) is 1. The van der Waals surface area contributed by atoms with E-state index in [-0.39, 0.29) is 18.4 Å². The number of hydrogen-bond donors (Lipinski definition) is 1. The number of rotatable bonds is 5. The minimum Gasteiger partial charge on any atom is -0.483 e. The molecule has 1 aliphatic rings. The fourth-order valence-corrected chi connectivity index (χ4v) is 5.53. The van der Waals surface area contributed by atoms with Gasteiger partial charge in [0.1, 0.15) is 5.75 Å². The van der Waals surface area contributed by atoms with Crippen LogP contribution >= 0.6 is 22.7 Å². The Morgan fingerprint density at radius 2 is 2.10 bits per heavy atom. The van der Waals surface area contributed by atoms with Crippen LogP contribution in [0.4, 0.5) is 11.4 Å². The molecule has 1 aliphatic heterocycles. The molecule has 30 heavy (non-hydrogen) atoms. The summed E-state index contributed by atoms with van der Waals surface area (Å²) < 4.78 is 8.01. The van der Waals surface area contributed by atoms with E-state index in [1.54, 1.807) is 27.6 Å². The number of anilines is 2. The smallest absolute Gasteiger partial charge is 0.262 e. The molecule has 0 radical (unpaired) electrons. The Morgan fingerprint density at radius 3 is 2.87 bits per heavy atom. The van der Waals surface area contributed by atoms with E-state index >= 15 is 0 Å². The van der Waals surface area contributed by atoms with Gasteiger partial charge < -0.3 is 15.0 Å². The van der Waals surface area contributed by atoms with Crippen molar-refractivity contribution in [2.45, 2.75) is 19.8 Å². The monoisotopic (exact) mass is 437 g/mol. The molecule has 2 aromatic heterocycles. The van der Waals surface area contributed by atoms with Crippen molar-refractivity contribution in [3.63, 3.8) is 0 Å². The number of thiazole rings is 1. The maximum absolute atomic E-state index is 12.4. The summed E-state index contributed by atoms with van der Waals surface area (Å²) in [5.74, 6) is 0.609. The van der Waals surface area contributed by atoms with Gasteiger partial charge in [-0.2, -0.15) is 0 Å². The Balaban J connectivity index is 1.27. The minimum absolute atomic E-state index is 0.0827. The van der Waals surface area contributed by atoms with Gasteiger partial charge in [-0.15, -0.1) is 22.7 Å². The summed E-state index contributed by atoms with van der Waals surface area (Å²) in [5.41, 5.74) is 2.53. The molecular weight excluding hydrogens is 418 g/mol. The van der Waals surface area contributed by atoms with Gasteiger partial charge in [0.25, 0.3) is 5.91 Å². The standard InChI is InChI=1S/C22H19N3O3S2/c1-13-23-21-18(30-13)11-17(16-8-10-29-22(16)21)28-12-19(26)24-14-4-6-15(7-5-14)25-9-2-3-20(25)27/h4-8,10-11H,2-3,9,12H2,1H3,(H,24,26). The van der Waals surface area contributed by atoms with Crippen molar-refractivity contribution < 1.29 is 14.3 Å². The molecule has 3 heterocycles. The maximum Gasteiger partial charge on any atom is 0.262 e. The van der Waals surface area contributed by atoms with Crippen molar-refractivity contribution in [1.29, 1.82) is 0 Å². The zero-order valence-electron chi connectivity index (χ0n) is 16.3. The number of nitrogens with zero attached hydrogens (tertiary/aromatic N) is 2. The van der Waals surface area contributed by atoms with Crippen LogP contribution in [0.15, 0.2) is 41.8 Å². The van der Waals surface area contributed by atoms with E-state index in [1.165, 1.54) is 0 Å². The first-order valence-electron chi connectivity index (χ1n) is 9.69. The summed E-state index contributed by atoms with van der Waals surface area (Å²) in [6.07, 6.45) is 1.49. The molecule has 0 aliphatic carbocycles. The molecule has 0 saturated carbocycles. The number of hydrogen-bond acceptors (Lipinski definition) is 6. The summed E-state index contributed by atoms with van der Waals surface area (Å²) in [5, 5.41) is 6.85. The Bertz CT molecular complexity index is 1260. The fraction of sp³-hybridized carbons (Fsp3) is 0.227. The molecule has 1 N–H and O–H groups in total. The normalized spacial score (nSPS) is 14.0. The zero-order valence-corrected chi connectivity index (χ0v) is 17.9. The molecule has 6 nitrogen and oxygen atoms in total. The van der Waals surface area contributed by atoms with E-state index in [2.05, 4.69) is 10.3 Å². The largest absolute Gasteiger partial charge is 0.483 e. The molecule has 8 heteroatoms. The number of thiophene rings is 1. The third-order valence-electron chi connectivity index (χ3n) is 5.06. The number of amides is 2. The number of carbonyl (C=O) groups excluding carboxylic acids is 2. The van der Waals surface area contributed by atoms with Crippen LogP contribution in [0.5, 0.6) is 5.75 Å². The Kier molecular flexibility index (Phi) is 4.88. The van der Waals surface area contributed by atoms with Gasteiger partial charge in [-0.3, -0.25) is 9.59 Å². The summed E-state index contributed by atoms with van der Waals surface area (Å²) in [6, 6.07) is 11.3. The average molecular weight is 438 g/mol. The third kappa shape index (κ3) is 3.53. The van der Waals surface area contributed by atoms with E-state index in [1.807, 2.05) is 48.7 Å². The van der Waals surface area contributed by atoms with Gasteiger partial charge in [0.2, 0.25) is 5.91 Å². The highest BCUT2D eigenvalue weighted by atomic mass is 32.1. The lowest BCUT2D eigenvalue weighted by Gasteiger charge is -2.16. The highest BCUT2D eigenvalue weighted by Gasteiger charge is 2.21. The molecule has 1 fully saturated rings. The van der Waals surface area contributed by atoms with E-state index in [0.29, 0.717) is 17.9 Å². The van der Waals surface area contributed by atoms with Crippen LogP contribution in [0.3, 0.4) is 0 Å². The number of carbonyl (C=O) groups is 2. The molecule has 4 aromatic rings.